The van der Waals surface area contributed by atoms with E-state index in [1.54, 1.807) is 38.5 Å². The Morgan fingerprint density at radius 1 is 0.882 bits per heavy atom. The molecule has 0 spiro atoms. The van der Waals surface area contributed by atoms with Crippen LogP contribution < -0.4 is 4.90 Å². The van der Waals surface area contributed by atoms with Crippen LogP contribution in [0.25, 0.3) is 0 Å². The lowest BCUT2D eigenvalue weighted by molar-refractivity contribution is -0.915. The van der Waals surface area contributed by atoms with E-state index >= 15 is 0 Å². The van der Waals surface area contributed by atoms with Crippen LogP contribution in [0, 0.1) is 23.2 Å². The van der Waals surface area contributed by atoms with Gasteiger partial charge in [-0.2, -0.15) is 0 Å². The van der Waals surface area contributed by atoms with Crippen molar-refractivity contribution in [1.29, 1.82) is 0 Å². The van der Waals surface area contributed by atoms with E-state index in [4.69, 9.17) is 4.74 Å². The quantitative estimate of drug-likeness (QED) is 0.758. The number of hydrogen-bond acceptors (Lipinski definition) is 1. The summed E-state index contributed by atoms with van der Waals surface area (Å²) in [7, 11) is 0. The SMILES string of the molecule is C1C[NH+](CC23CC4CC(CC(C4)C2)C3)CCO1. The molecule has 17 heavy (non-hydrogen) atoms. The Balaban J connectivity index is 1.48. The van der Waals surface area contributed by atoms with E-state index in [-0.39, 0.29) is 0 Å². The minimum Gasteiger partial charge on any atom is -0.370 e. The van der Waals surface area contributed by atoms with Crippen molar-refractivity contribution in [2.45, 2.75) is 38.5 Å². The first-order valence-electron chi connectivity index (χ1n) is 7.73. The third kappa shape index (κ3) is 1.94. The Bertz CT molecular complexity index is 260. The Labute approximate surface area is 105 Å². The predicted molar refractivity (Wildman–Crippen MR) is 67.0 cm³/mol. The fourth-order valence-corrected chi connectivity index (χ4v) is 5.87. The molecule has 0 atom stereocenters. The van der Waals surface area contributed by atoms with Crippen LogP contribution >= 0.6 is 0 Å². The van der Waals surface area contributed by atoms with Crippen LogP contribution in [0.15, 0.2) is 0 Å². The monoisotopic (exact) mass is 236 g/mol. The van der Waals surface area contributed by atoms with E-state index in [9.17, 15) is 0 Å². The summed E-state index contributed by atoms with van der Waals surface area (Å²) in [4.78, 5) is 1.85. The molecule has 4 aliphatic carbocycles. The highest BCUT2D eigenvalue weighted by Crippen LogP contribution is 2.59. The molecule has 1 aliphatic heterocycles. The van der Waals surface area contributed by atoms with Crippen molar-refractivity contribution < 1.29 is 9.64 Å². The summed E-state index contributed by atoms with van der Waals surface area (Å²) in [6.45, 7) is 6.01. The van der Waals surface area contributed by atoms with Gasteiger partial charge in [-0.3, -0.25) is 0 Å². The molecule has 0 unspecified atom stereocenters. The van der Waals surface area contributed by atoms with E-state index in [0.29, 0.717) is 0 Å². The Hall–Kier alpha value is -0.0800. The Kier molecular flexibility index (Phi) is 2.52. The molecule has 1 heterocycles. The Morgan fingerprint density at radius 3 is 1.94 bits per heavy atom. The number of rotatable bonds is 2. The van der Waals surface area contributed by atoms with Crippen molar-refractivity contribution in [2.75, 3.05) is 32.8 Å². The van der Waals surface area contributed by atoms with E-state index < -0.39 is 0 Å². The average molecular weight is 236 g/mol. The highest BCUT2D eigenvalue weighted by Gasteiger charge is 2.52. The van der Waals surface area contributed by atoms with Gasteiger partial charge in [-0.1, -0.05) is 0 Å². The van der Waals surface area contributed by atoms with Crippen LogP contribution in [-0.2, 0) is 4.74 Å². The van der Waals surface area contributed by atoms with Gasteiger partial charge in [0.15, 0.2) is 0 Å². The van der Waals surface area contributed by atoms with Crippen LogP contribution in [0.4, 0.5) is 0 Å². The molecule has 4 saturated carbocycles. The topological polar surface area (TPSA) is 13.7 Å². The first-order chi connectivity index (χ1) is 8.31. The standard InChI is InChI=1S/C15H25NO/c1-3-17-4-2-16(1)11-15-8-12-5-13(9-15)7-14(6-12)10-15/h12-14H,1-11H2/p+1. The largest absolute Gasteiger partial charge is 0.370 e. The zero-order valence-electron chi connectivity index (χ0n) is 10.9. The highest BCUT2D eigenvalue weighted by molar-refractivity contribution is 5.01. The second-order valence-electron chi connectivity index (χ2n) is 7.46. The van der Waals surface area contributed by atoms with Crippen molar-refractivity contribution in [3.8, 4) is 0 Å². The third-order valence-corrected chi connectivity index (χ3v) is 5.99. The van der Waals surface area contributed by atoms with Gasteiger partial charge in [0.2, 0.25) is 0 Å². The molecule has 0 aromatic carbocycles. The molecule has 2 nitrogen and oxygen atoms in total. The van der Waals surface area contributed by atoms with Crippen LogP contribution in [0.3, 0.4) is 0 Å². The smallest absolute Gasteiger partial charge is 0.101 e. The van der Waals surface area contributed by atoms with Crippen LogP contribution in [0.1, 0.15) is 38.5 Å². The van der Waals surface area contributed by atoms with Gasteiger partial charge in [0.05, 0.1) is 19.8 Å². The van der Waals surface area contributed by atoms with Crippen LogP contribution in [0.2, 0.25) is 0 Å². The van der Waals surface area contributed by atoms with Gasteiger partial charge in [-0.05, 0) is 56.3 Å². The molecule has 0 radical (unpaired) electrons. The summed E-state index contributed by atoms with van der Waals surface area (Å²) < 4.78 is 5.50. The maximum atomic E-state index is 5.50. The molecular weight excluding hydrogens is 210 g/mol. The summed E-state index contributed by atoms with van der Waals surface area (Å²) in [6.07, 6.45) is 9.46. The molecule has 5 rings (SSSR count). The number of hydrogen-bond donors (Lipinski definition) is 1. The normalized spacial score (nSPS) is 49.8. The van der Waals surface area contributed by atoms with Gasteiger partial charge in [-0.15, -0.1) is 0 Å². The predicted octanol–water partition coefficient (Wildman–Crippen LogP) is 1.12. The highest BCUT2D eigenvalue weighted by atomic mass is 16.5. The molecule has 5 aliphatic rings. The first-order valence-corrected chi connectivity index (χ1v) is 7.73. The van der Waals surface area contributed by atoms with Gasteiger partial charge >= 0.3 is 0 Å². The zero-order chi connectivity index (χ0) is 11.3. The van der Waals surface area contributed by atoms with Crippen molar-refractivity contribution in [3.63, 3.8) is 0 Å². The van der Waals surface area contributed by atoms with Crippen molar-refractivity contribution in [2.24, 2.45) is 23.2 Å². The third-order valence-electron chi connectivity index (χ3n) is 5.99. The number of morpholine rings is 1. The molecule has 4 bridgehead atoms. The zero-order valence-corrected chi connectivity index (χ0v) is 10.9. The van der Waals surface area contributed by atoms with E-state index in [1.807, 2.05) is 4.90 Å². The van der Waals surface area contributed by atoms with Gasteiger partial charge in [0, 0.05) is 5.41 Å². The molecule has 0 aromatic rings. The van der Waals surface area contributed by atoms with E-state index in [1.165, 1.54) is 19.6 Å². The Morgan fingerprint density at radius 2 is 1.41 bits per heavy atom. The van der Waals surface area contributed by atoms with Crippen LogP contribution in [0.5, 0.6) is 0 Å². The van der Waals surface area contributed by atoms with E-state index in [2.05, 4.69) is 0 Å². The fraction of sp³-hybridized carbons (Fsp3) is 1.00. The first kappa shape index (κ1) is 10.8. The number of ether oxygens (including phenoxy) is 1. The molecule has 1 saturated heterocycles. The van der Waals surface area contributed by atoms with E-state index in [0.717, 1.165) is 36.4 Å². The van der Waals surface area contributed by atoms with Crippen molar-refractivity contribution in [3.05, 3.63) is 0 Å². The molecule has 96 valence electrons. The molecule has 0 amide bonds. The summed E-state index contributed by atoms with van der Waals surface area (Å²) in [5.41, 5.74) is 0.765. The maximum absolute atomic E-state index is 5.50. The van der Waals surface area contributed by atoms with Gasteiger partial charge in [0.25, 0.3) is 0 Å². The number of nitrogens with one attached hydrogen (secondary N) is 1. The maximum Gasteiger partial charge on any atom is 0.101 e. The minimum atomic E-state index is 0.765. The second-order valence-corrected chi connectivity index (χ2v) is 7.46. The fourth-order valence-electron chi connectivity index (χ4n) is 5.87. The minimum absolute atomic E-state index is 0.765. The molecule has 2 heteroatoms. The lowest BCUT2D eigenvalue weighted by atomic mass is 9.49. The lowest BCUT2D eigenvalue weighted by Crippen LogP contribution is -3.15. The second kappa shape index (κ2) is 3.96. The lowest BCUT2D eigenvalue weighted by Gasteiger charge is -2.56. The summed E-state index contributed by atoms with van der Waals surface area (Å²) in [5, 5.41) is 0. The summed E-state index contributed by atoms with van der Waals surface area (Å²) in [5.74, 6) is 3.34. The number of quaternary nitrogens is 1. The van der Waals surface area contributed by atoms with Gasteiger partial charge in [-0.25, -0.2) is 0 Å². The average Bonchev–Trinajstić information content (AvgIpc) is 2.27. The van der Waals surface area contributed by atoms with Crippen molar-refractivity contribution >= 4 is 0 Å². The van der Waals surface area contributed by atoms with Crippen LogP contribution in [-0.4, -0.2) is 32.8 Å². The van der Waals surface area contributed by atoms with Gasteiger partial charge < -0.3 is 9.64 Å². The van der Waals surface area contributed by atoms with Gasteiger partial charge in [0.1, 0.15) is 13.1 Å². The molecule has 1 N–H and O–H groups in total. The summed E-state index contributed by atoms with van der Waals surface area (Å²) in [6, 6.07) is 0. The summed E-state index contributed by atoms with van der Waals surface area (Å²) >= 11 is 0. The molecule has 5 fully saturated rings. The molecule has 0 aromatic heterocycles. The molecular formula is C15H26NO+. The van der Waals surface area contributed by atoms with Crippen molar-refractivity contribution in [1.82, 2.24) is 0 Å².